The average Bonchev–Trinajstić information content (AvgIpc) is 3.62. The van der Waals surface area contributed by atoms with Gasteiger partial charge in [-0.3, -0.25) is 0 Å². The third-order valence-electron chi connectivity index (χ3n) is 12.2. The summed E-state index contributed by atoms with van der Waals surface area (Å²) in [6, 6.07) is 18.9. The van der Waals surface area contributed by atoms with Crippen molar-refractivity contribution in [1.82, 2.24) is 0 Å². The predicted octanol–water partition coefficient (Wildman–Crippen LogP) is 7.53. The summed E-state index contributed by atoms with van der Waals surface area (Å²) in [5.41, 5.74) is 4.32. The molecule has 0 amide bonds. The van der Waals surface area contributed by atoms with E-state index in [9.17, 15) is 5.11 Å². The van der Waals surface area contributed by atoms with Crippen molar-refractivity contribution in [2.75, 3.05) is 19.8 Å². The van der Waals surface area contributed by atoms with E-state index in [0.29, 0.717) is 31.0 Å². The lowest BCUT2D eigenvalue weighted by molar-refractivity contribution is -0.181. The lowest BCUT2D eigenvalue weighted by atomic mass is 9.50. The summed E-state index contributed by atoms with van der Waals surface area (Å²) < 4.78 is 24.5. The summed E-state index contributed by atoms with van der Waals surface area (Å²) in [5, 5.41) is 12.4. The van der Waals surface area contributed by atoms with E-state index in [2.05, 4.69) is 43.0 Å². The van der Waals surface area contributed by atoms with Gasteiger partial charge in [0.05, 0.1) is 19.8 Å². The van der Waals surface area contributed by atoms with Crippen LogP contribution in [0.5, 0.6) is 5.75 Å². The summed E-state index contributed by atoms with van der Waals surface area (Å²) >= 11 is 0. The van der Waals surface area contributed by atoms with Crippen molar-refractivity contribution in [2.24, 2.45) is 23.2 Å². The van der Waals surface area contributed by atoms with Gasteiger partial charge in [0.2, 0.25) is 0 Å². The van der Waals surface area contributed by atoms with Crippen molar-refractivity contribution in [3.8, 4) is 17.6 Å². The molecule has 3 saturated carbocycles. The summed E-state index contributed by atoms with van der Waals surface area (Å²) in [6.07, 6.45) is 11.1. The van der Waals surface area contributed by atoms with E-state index < -0.39 is 5.60 Å². The highest BCUT2D eigenvalue weighted by molar-refractivity contribution is 5.45. The molecule has 232 valence electrons. The Bertz CT molecular complexity index is 1440. The second-order valence-electron chi connectivity index (χ2n) is 14.5. The third kappa shape index (κ3) is 4.94. The van der Waals surface area contributed by atoms with Crippen LogP contribution in [0, 0.1) is 35.0 Å². The number of ether oxygens (including phenoxy) is 4. The van der Waals surface area contributed by atoms with Gasteiger partial charge in [-0.25, -0.2) is 0 Å². The maximum absolute atomic E-state index is 12.4. The van der Waals surface area contributed by atoms with E-state index in [1.807, 2.05) is 30.3 Å². The smallest absolute Gasteiger partial charge is 0.199 e. The van der Waals surface area contributed by atoms with Crippen molar-refractivity contribution < 1.29 is 24.1 Å². The SMILES string of the molecule is C[C@]12C[C@H](c3ccc(OC4CCCCO4)cc3)C3=C4CCC5(CC4CC[C@H]3C1CC[C@@]2(O)C#Cc1ccccc1)OCCO5. The Morgan fingerprint density at radius 1 is 0.864 bits per heavy atom. The van der Waals surface area contributed by atoms with Crippen molar-refractivity contribution in [2.45, 2.75) is 101 Å². The van der Waals surface area contributed by atoms with Crippen LogP contribution in [0.3, 0.4) is 0 Å². The van der Waals surface area contributed by atoms with Crippen molar-refractivity contribution in [1.29, 1.82) is 0 Å². The zero-order valence-electron chi connectivity index (χ0n) is 26.1. The summed E-state index contributed by atoms with van der Waals surface area (Å²) in [6.45, 7) is 4.55. The van der Waals surface area contributed by atoms with Gasteiger partial charge >= 0.3 is 0 Å². The Morgan fingerprint density at radius 2 is 1.68 bits per heavy atom. The number of rotatable bonds is 3. The van der Waals surface area contributed by atoms with E-state index in [0.717, 1.165) is 75.7 Å². The van der Waals surface area contributed by atoms with Gasteiger partial charge in [0.1, 0.15) is 11.4 Å². The molecular formula is C39H46O5. The van der Waals surface area contributed by atoms with Crippen molar-refractivity contribution in [3.63, 3.8) is 0 Å². The summed E-state index contributed by atoms with van der Waals surface area (Å²) in [5.74, 6) is 8.98. The molecule has 0 aromatic heterocycles. The molecule has 2 saturated heterocycles. The molecule has 0 radical (unpaired) electrons. The van der Waals surface area contributed by atoms with Gasteiger partial charge in [0.15, 0.2) is 12.1 Å². The number of fused-ring (bicyclic) bond motifs is 4. The Hall–Kier alpha value is -2.62. The molecule has 1 N–H and O–H groups in total. The van der Waals surface area contributed by atoms with Crippen LogP contribution in [-0.2, 0) is 14.2 Å². The largest absolute Gasteiger partial charge is 0.465 e. The van der Waals surface area contributed by atoms with Crippen molar-refractivity contribution in [3.05, 3.63) is 76.9 Å². The van der Waals surface area contributed by atoms with Crippen LogP contribution in [0.15, 0.2) is 65.7 Å². The quantitative estimate of drug-likeness (QED) is 0.294. The topological polar surface area (TPSA) is 57.2 Å². The Balaban J connectivity index is 1.16. The van der Waals surface area contributed by atoms with Gasteiger partial charge < -0.3 is 24.1 Å². The molecule has 1 spiro atoms. The molecule has 7 atom stereocenters. The zero-order chi connectivity index (χ0) is 29.8. The third-order valence-corrected chi connectivity index (χ3v) is 12.2. The highest BCUT2D eigenvalue weighted by Gasteiger charge is 2.63. The molecule has 3 unspecified atom stereocenters. The van der Waals surface area contributed by atoms with Crippen LogP contribution in [0.1, 0.15) is 94.6 Å². The van der Waals surface area contributed by atoms with Crippen LogP contribution in [0.25, 0.3) is 0 Å². The van der Waals surface area contributed by atoms with Crippen LogP contribution in [0.2, 0.25) is 0 Å². The fraction of sp³-hybridized carbons (Fsp3) is 0.590. The lowest BCUT2D eigenvalue weighted by Gasteiger charge is -2.55. The molecular weight excluding hydrogens is 548 g/mol. The molecule has 5 heteroatoms. The maximum Gasteiger partial charge on any atom is 0.199 e. The molecule has 5 fully saturated rings. The Kier molecular flexibility index (Phi) is 7.42. The number of aliphatic hydroxyl groups is 1. The predicted molar refractivity (Wildman–Crippen MR) is 169 cm³/mol. The molecule has 4 aliphatic carbocycles. The van der Waals surface area contributed by atoms with E-state index in [-0.39, 0.29) is 23.4 Å². The fourth-order valence-corrected chi connectivity index (χ4v) is 9.93. The van der Waals surface area contributed by atoms with Gasteiger partial charge in [-0.1, -0.05) is 60.2 Å². The summed E-state index contributed by atoms with van der Waals surface area (Å²) in [7, 11) is 0. The van der Waals surface area contributed by atoms with Crippen LogP contribution in [-0.4, -0.2) is 42.6 Å². The van der Waals surface area contributed by atoms with E-state index in [4.69, 9.17) is 18.9 Å². The van der Waals surface area contributed by atoms with Crippen LogP contribution in [0.4, 0.5) is 0 Å². The van der Waals surface area contributed by atoms with E-state index in [1.165, 1.54) is 18.4 Å². The molecule has 5 nitrogen and oxygen atoms in total. The highest BCUT2D eigenvalue weighted by atomic mass is 16.7. The molecule has 2 aromatic rings. The Morgan fingerprint density at radius 3 is 2.45 bits per heavy atom. The fourth-order valence-electron chi connectivity index (χ4n) is 9.93. The first-order valence-corrected chi connectivity index (χ1v) is 17.1. The number of hydrogen-bond donors (Lipinski definition) is 1. The molecule has 0 bridgehead atoms. The van der Waals surface area contributed by atoms with Gasteiger partial charge in [0.25, 0.3) is 0 Å². The molecule has 2 aliphatic heterocycles. The second-order valence-corrected chi connectivity index (χ2v) is 14.5. The highest BCUT2D eigenvalue weighted by Crippen LogP contribution is 2.67. The van der Waals surface area contributed by atoms with Crippen LogP contribution >= 0.6 is 0 Å². The minimum Gasteiger partial charge on any atom is -0.465 e. The first-order chi connectivity index (χ1) is 21.5. The first-order valence-electron chi connectivity index (χ1n) is 17.1. The number of allylic oxidation sites excluding steroid dienone is 2. The molecule has 8 rings (SSSR count). The standard InChI is InChI=1S/C39H46O5/c1-37-26-33(28-10-13-30(14-11-28)44-35-9-5-6-22-41-35)36-31-17-21-39(42-23-24-43-39)25-29(31)12-15-32(36)34(37)18-20-38(37,40)19-16-27-7-3-2-4-8-27/h2-4,7-8,10-11,13-14,29,32-35,40H,5-6,9,12,15,17-18,20-26H2,1H3/t29?,32-,33+,34?,35?,37-,38-/m0/s1. The molecule has 2 aromatic carbocycles. The minimum atomic E-state index is -1.01. The Labute approximate surface area is 262 Å². The van der Waals surface area contributed by atoms with Gasteiger partial charge in [-0.05, 0) is 98.9 Å². The van der Waals surface area contributed by atoms with Gasteiger partial charge in [-0.2, -0.15) is 0 Å². The number of benzene rings is 2. The van der Waals surface area contributed by atoms with E-state index >= 15 is 0 Å². The van der Waals surface area contributed by atoms with E-state index in [1.54, 1.807) is 11.1 Å². The first kappa shape index (κ1) is 28.8. The normalized spacial score (nSPS) is 37.5. The van der Waals surface area contributed by atoms with Gasteiger partial charge in [-0.15, -0.1) is 0 Å². The average molecular weight is 595 g/mol. The lowest BCUT2D eigenvalue weighted by Crippen LogP contribution is -2.51. The molecule has 2 heterocycles. The minimum absolute atomic E-state index is 0.149. The zero-order valence-corrected chi connectivity index (χ0v) is 26.1. The number of hydrogen-bond acceptors (Lipinski definition) is 5. The molecule has 44 heavy (non-hydrogen) atoms. The monoisotopic (exact) mass is 594 g/mol. The van der Waals surface area contributed by atoms with Crippen LogP contribution < -0.4 is 4.74 Å². The molecule has 6 aliphatic rings. The second kappa shape index (κ2) is 11.3. The maximum atomic E-state index is 12.4. The van der Waals surface area contributed by atoms with Crippen molar-refractivity contribution >= 4 is 0 Å². The van der Waals surface area contributed by atoms with Gasteiger partial charge in [0, 0.05) is 36.2 Å². The summed E-state index contributed by atoms with van der Waals surface area (Å²) in [4.78, 5) is 0.